The minimum absolute atomic E-state index is 0.00145. The number of imide groups is 1. The highest BCUT2D eigenvalue weighted by Gasteiger charge is 2.55. The van der Waals surface area contributed by atoms with Gasteiger partial charge in [-0.05, 0) is 31.7 Å². The summed E-state index contributed by atoms with van der Waals surface area (Å²) < 4.78 is 5.61. The number of carbonyl (C=O) groups excluding carboxylic acids is 3. The highest BCUT2D eigenvalue weighted by Crippen LogP contribution is 2.40. The molecule has 0 bridgehead atoms. The minimum atomic E-state index is -1.14. The number of nitrogens with one attached hydrogen (secondary N) is 2. The summed E-state index contributed by atoms with van der Waals surface area (Å²) in [6.07, 6.45) is 2.21. The van der Waals surface area contributed by atoms with Crippen molar-refractivity contribution >= 4 is 17.8 Å². The molecule has 1 aromatic rings. The van der Waals surface area contributed by atoms with Crippen molar-refractivity contribution in [3.63, 3.8) is 0 Å². The molecule has 2 aliphatic heterocycles. The van der Waals surface area contributed by atoms with E-state index in [0.29, 0.717) is 30.3 Å². The van der Waals surface area contributed by atoms with Crippen LogP contribution in [0.4, 0.5) is 4.79 Å². The monoisotopic (exact) mass is 373 g/mol. The highest BCUT2D eigenvalue weighted by molar-refractivity contribution is 6.09. The van der Waals surface area contributed by atoms with Crippen molar-refractivity contribution in [1.29, 1.82) is 0 Å². The minimum Gasteiger partial charge on any atom is -0.493 e. The fraction of sp³-hybridized carbons (Fsp3) is 0.550. The van der Waals surface area contributed by atoms with Crippen LogP contribution in [-0.2, 0) is 15.1 Å². The van der Waals surface area contributed by atoms with Crippen molar-refractivity contribution in [1.82, 2.24) is 15.5 Å². The average Bonchev–Trinajstić information content (AvgIpc) is 2.85. The van der Waals surface area contributed by atoms with Crippen LogP contribution < -0.4 is 15.4 Å². The lowest BCUT2D eigenvalue weighted by molar-refractivity contribution is -0.136. The van der Waals surface area contributed by atoms with E-state index in [1.807, 2.05) is 13.0 Å². The van der Waals surface area contributed by atoms with Gasteiger partial charge in [0.2, 0.25) is 5.91 Å². The van der Waals surface area contributed by atoms with Crippen LogP contribution in [0.3, 0.4) is 0 Å². The Labute approximate surface area is 159 Å². The van der Waals surface area contributed by atoms with E-state index < -0.39 is 17.5 Å². The summed E-state index contributed by atoms with van der Waals surface area (Å²) in [5.41, 5.74) is -0.502. The van der Waals surface area contributed by atoms with Crippen LogP contribution in [0.25, 0.3) is 0 Å². The Kier molecular flexibility index (Phi) is 5.39. The Bertz CT molecular complexity index is 748. The van der Waals surface area contributed by atoms with E-state index in [1.165, 1.54) is 0 Å². The zero-order valence-electron chi connectivity index (χ0n) is 16.1. The lowest BCUT2D eigenvalue weighted by Crippen LogP contribution is -2.48. The van der Waals surface area contributed by atoms with Crippen molar-refractivity contribution in [2.75, 3.05) is 13.2 Å². The summed E-state index contributed by atoms with van der Waals surface area (Å²) in [6.45, 7) is 6.25. The van der Waals surface area contributed by atoms with E-state index in [4.69, 9.17) is 4.74 Å². The summed E-state index contributed by atoms with van der Waals surface area (Å²) in [6, 6.07) is 6.65. The maximum absolute atomic E-state index is 13.1. The van der Waals surface area contributed by atoms with Gasteiger partial charge in [-0.25, -0.2) is 4.79 Å². The molecule has 2 aliphatic rings. The average molecular weight is 373 g/mol. The van der Waals surface area contributed by atoms with E-state index in [0.717, 1.165) is 17.7 Å². The fourth-order valence-electron chi connectivity index (χ4n) is 3.64. The summed E-state index contributed by atoms with van der Waals surface area (Å²) in [5, 5.41) is 5.68. The smallest absolute Gasteiger partial charge is 0.325 e. The van der Waals surface area contributed by atoms with Crippen molar-refractivity contribution in [2.45, 2.75) is 51.6 Å². The number of hydrogen-bond acceptors (Lipinski definition) is 4. The standard InChI is InChI=1S/C20H27N3O4/c1-13(2)8-9-14(3)21-17(24)12-23-18(25)20(22-19(23)26)10-11-27-16-7-5-4-6-15(16)20/h4-7,13-14H,8-12H2,1-3H3,(H,21,24)(H,22,26)/t14-,20+/m0/s1. The number of para-hydroxylation sites is 1. The normalized spacial score (nSPS) is 22.4. The number of amides is 4. The van der Waals surface area contributed by atoms with Crippen LogP contribution in [-0.4, -0.2) is 41.9 Å². The number of benzene rings is 1. The molecule has 27 heavy (non-hydrogen) atoms. The molecule has 7 heteroatoms. The van der Waals surface area contributed by atoms with Crippen LogP contribution in [0, 0.1) is 5.92 Å². The molecule has 0 radical (unpaired) electrons. The molecule has 7 nitrogen and oxygen atoms in total. The highest BCUT2D eigenvalue weighted by atomic mass is 16.5. The Hall–Kier alpha value is -2.57. The third-order valence-corrected chi connectivity index (χ3v) is 5.14. The molecule has 3 rings (SSSR count). The Morgan fingerprint density at radius 3 is 2.74 bits per heavy atom. The number of carbonyl (C=O) groups is 3. The second-order valence-corrected chi connectivity index (χ2v) is 7.76. The van der Waals surface area contributed by atoms with Crippen LogP contribution in [0.2, 0.25) is 0 Å². The molecule has 1 spiro atoms. The Balaban J connectivity index is 1.70. The van der Waals surface area contributed by atoms with Crippen LogP contribution in [0.5, 0.6) is 5.75 Å². The number of urea groups is 1. The van der Waals surface area contributed by atoms with Crippen LogP contribution >= 0.6 is 0 Å². The van der Waals surface area contributed by atoms with Gasteiger partial charge in [0.05, 0.1) is 6.61 Å². The van der Waals surface area contributed by atoms with Gasteiger partial charge >= 0.3 is 6.03 Å². The predicted octanol–water partition coefficient (Wildman–Crippen LogP) is 2.16. The van der Waals surface area contributed by atoms with Gasteiger partial charge in [-0.3, -0.25) is 14.5 Å². The van der Waals surface area contributed by atoms with E-state index >= 15 is 0 Å². The molecule has 0 aromatic heterocycles. The SMILES string of the molecule is CC(C)CC[C@H](C)NC(=O)CN1C(=O)N[C@@]2(CCOc3ccccc32)C1=O. The third kappa shape index (κ3) is 3.77. The van der Waals surface area contributed by atoms with E-state index in [-0.39, 0.29) is 18.5 Å². The number of nitrogens with zero attached hydrogens (tertiary/aromatic N) is 1. The lowest BCUT2D eigenvalue weighted by Gasteiger charge is -2.33. The molecule has 1 fully saturated rings. The van der Waals surface area contributed by atoms with Gasteiger partial charge in [0.1, 0.15) is 12.3 Å². The predicted molar refractivity (Wildman–Crippen MR) is 100 cm³/mol. The van der Waals surface area contributed by atoms with Gasteiger partial charge in [0.25, 0.3) is 5.91 Å². The maximum atomic E-state index is 13.1. The van der Waals surface area contributed by atoms with Crippen molar-refractivity contribution < 1.29 is 19.1 Å². The topological polar surface area (TPSA) is 87.7 Å². The number of hydrogen-bond donors (Lipinski definition) is 2. The van der Waals surface area contributed by atoms with E-state index in [2.05, 4.69) is 24.5 Å². The molecule has 1 saturated heterocycles. The van der Waals surface area contributed by atoms with E-state index in [1.54, 1.807) is 18.2 Å². The zero-order valence-corrected chi connectivity index (χ0v) is 16.1. The molecule has 4 amide bonds. The molecule has 2 atom stereocenters. The number of fused-ring (bicyclic) bond motifs is 2. The Morgan fingerprint density at radius 2 is 2.00 bits per heavy atom. The van der Waals surface area contributed by atoms with Gasteiger partial charge in [-0.1, -0.05) is 32.0 Å². The van der Waals surface area contributed by atoms with Gasteiger partial charge < -0.3 is 15.4 Å². The van der Waals surface area contributed by atoms with Crippen molar-refractivity contribution in [3.8, 4) is 5.75 Å². The summed E-state index contributed by atoms with van der Waals surface area (Å²) in [7, 11) is 0. The van der Waals surface area contributed by atoms with Crippen molar-refractivity contribution in [2.24, 2.45) is 5.92 Å². The molecule has 146 valence electrons. The van der Waals surface area contributed by atoms with Gasteiger partial charge in [0.15, 0.2) is 5.54 Å². The first-order chi connectivity index (χ1) is 12.8. The first-order valence-electron chi connectivity index (χ1n) is 9.49. The van der Waals surface area contributed by atoms with Crippen LogP contribution in [0.1, 0.15) is 45.6 Å². The maximum Gasteiger partial charge on any atom is 0.325 e. The third-order valence-electron chi connectivity index (χ3n) is 5.14. The summed E-state index contributed by atoms with van der Waals surface area (Å²) in [5.74, 6) is 0.426. The lowest BCUT2D eigenvalue weighted by atomic mass is 9.84. The summed E-state index contributed by atoms with van der Waals surface area (Å²) in [4.78, 5) is 38.9. The molecule has 2 N–H and O–H groups in total. The molecule has 0 unspecified atom stereocenters. The summed E-state index contributed by atoms with van der Waals surface area (Å²) >= 11 is 0. The number of ether oxygens (including phenoxy) is 1. The largest absolute Gasteiger partial charge is 0.493 e. The molecular weight excluding hydrogens is 346 g/mol. The molecule has 2 heterocycles. The van der Waals surface area contributed by atoms with Gasteiger partial charge in [0, 0.05) is 18.0 Å². The van der Waals surface area contributed by atoms with Crippen LogP contribution in [0.15, 0.2) is 24.3 Å². The first kappa shape index (κ1) is 19.2. The molecule has 0 aliphatic carbocycles. The molecular formula is C20H27N3O4. The van der Waals surface area contributed by atoms with Crippen molar-refractivity contribution in [3.05, 3.63) is 29.8 Å². The second kappa shape index (κ2) is 7.58. The van der Waals surface area contributed by atoms with Gasteiger partial charge in [-0.15, -0.1) is 0 Å². The number of rotatable bonds is 6. The fourth-order valence-corrected chi connectivity index (χ4v) is 3.64. The second-order valence-electron chi connectivity index (χ2n) is 7.76. The Morgan fingerprint density at radius 1 is 1.26 bits per heavy atom. The molecule has 1 aromatic carbocycles. The molecule has 0 saturated carbocycles. The quantitative estimate of drug-likeness (QED) is 0.748. The first-order valence-corrected chi connectivity index (χ1v) is 9.49. The van der Waals surface area contributed by atoms with Gasteiger partial charge in [-0.2, -0.15) is 0 Å². The van der Waals surface area contributed by atoms with E-state index in [9.17, 15) is 14.4 Å². The zero-order chi connectivity index (χ0) is 19.6.